The van der Waals surface area contributed by atoms with Crippen molar-refractivity contribution in [2.24, 2.45) is 5.92 Å². The predicted octanol–water partition coefficient (Wildman–Crippen LogP) is 3.80. The molecule has 1 unspecified atom stereocenters. The average Bonchev–Trinajstić information content (AvgIpc) is 3.18. The van der Waals surface area contributed by atoms with Crippen LogP contribution in [-0.2, 0) is 5.41 Å². The van der Waals surface area contributed by atoms with Crippen molar-refractivity contribution in [3.8, 4) is 16.8 Å². The smallest absolute Gasteiger partial charge is 0.139 e. The Morgan fingerprint density at radius 1 is 1.00 bits per heavy atom. The Bertz CT molecular complexity index is 1450. The molecule has 1 atom stereocenters. The van der Waals surface area contributed by atoms with E-state index in [-0.39, 0.29) is 5.41 Å². The summed E-state index contributed by atoms with van der Waals surface area (Å²) in [5.74, 6) is 0.558. The van der Waals surface area contributed by atoms with E-state index in [9.17, 15) is 0 Å². The van der Waals surface area contributed by atoms with Gasteiger partial charge in [0.15, 0.2) is 0 Å². The van der Waals surface area contributed by atoms with Crippen molar-refractivity contribution in [2.45, 2.75) is 32.6 Å². The highest BCUT2D eigenvalue weighted by atomic mass is 15.0. The molecule has 30 heavy (non-hydrogen) atoms. The molecule has 2 aliphatic rings. The highest BCUT2D eigenvalue weighted by molar-refractivity contribution is 6.36. The van der Waals surface area contributed by atoms with E-state index in [4.69, 9.17) is 0 Å². The Morgan fingerprint density at radius 3 is 2.53 bits per heavy atom. The standard InChI is InChI=1S/C28H26BN/c1-17-13-14-19-21-16-23(29)26-25(20-11-7-8-12-22(20)28(26,2)3)27(21)30(24(19)15-17)18-9-5-4-6-10-18/h4-12,14-17H,13,29H2,1-3H3. The molecule has 6 rings (SSSR count). The predicted molar refractivity (Wildman–Crippen MR) is 131 cm³/mol. The number of fused-ring (bicyclic) bond motifs is 7. The van der Waals surface area contributed by atoms with Crippen LogP contribution in [0.1, 0.15) is 38.3 Å². The van der Waals surface area contributed by atoms with Crippen LogP contribution in [0.2, 0.25) is 0 Å². The van der Waals surface area contributed by atoms with Crippen molar-refractivity contribution in [3.05, 3.63) is 82.4 Å². The van der Waals surface area contributed by atoms with Gasteiger partial charge in [0.1, 0.15) is 7.85 Å². The summed E-state index contributed by atoms with van der Waals surface area (Å²) in [6.45, 7) is 7.08. The summed E-state index contributed by atoms with van der Waals surface area (Å²) in [5.41, 5.74) is 9.77. The molecule has 1 aromatic heterocycles. The van der Waals surface area contributed by atoms with Crippen LogP contribution in [0, 0.1) is 5.92 Å². The van der Waals surface area contributed by atoms with Crippen LogP contribution in [0.3, 0.4) is 0 Å². The van der Waals surface area contributed by atoms with Crippen LogP contribution < -0.4 is 16.0 Å². The second-order valence-corrected chi connectivity index (χ2v) is 9.56. The van der Waals surface area contributed by atoms with Gasteiger partial charge in [-0.15, -0.1) is 0 Å². The third kappa shape index (κ3) is 2.20. The van der Waals surface area contributed by atoms with E-state index < -0.39 is 0 Å². The van der Waals surface area contributed by atoms with Crippen LogP contribution in [0.25, 0.3) is 39.9 Å². The molecular formula is C28H26BN. The minimum atomic E-state index is 0.0111. The second kappa shape index (κ2) is 6.01. The number of nitrogens with zero attached hydrogens (tertiary/aromatic N) is 1. The number of hydrogen-bond donors (Lipinski definition) is 0. The molecule has 1 nitrogen and oxygen atoms in total. The van der Waals surface area contributed by atoms with Gasteiger partial charge < -0.3 is 4.57 Å². The zero-order chi connectivity index (χ0) is 20.6. The summed E-state index contributed by atoms with van der Waals surface area (Å²) < 4.78 is 2.52. The van der Waals surface area contributed by atoms with Crippen molar-refractivity contribution in [1.82, 2.24) is 4.57 Å². The monoisotopic (exact) mass is 387 g/mol. The molecule has 1 heterocycles. The molecule has 0 bridgehead atoms. The molecule has 0 saturated carbocycles. The summed E-state index contributed by atoms with van der Waals surface area (Å²) in [7, 11) is 2.30. The number of hydrogen-bond acceptors (Lipinski definition) is 0. The van der Waals surface area contributed by atoms with Crippen molar-refractivity contribution < 1.29 is 0 Å². The molecule has 3 aromatic carbocycles. The van der Waals surface area contributed by atoms with Gasteiger partial charge in [0.2, 0.25) is 0 Å². The lowest BCUT2D eigenvalue weighted by molar-refractivity contribution is 0.665. The third-order valence-electron chi connectivity index (χ3n) is 7.17. The van der Waals surface area contributed by atoms with E-state index in [1.807, 2.05) is 0 Å². The number of para-hydroxylation sites is 1. The lowest BCUT2D eigenvalue weighted by Gasteiger charge is -2.24. The average molecular weight is 387 g/mol. The molecule has 0 aliphatic heterocycles. The topological polar surface area (TPSA) is 4.93 Å². The highest BCUT2D eigenvalue weighted by Crippen LogP contribution is 2.50. The van der Waals surface area contributed by atoms with Gasteiger partial charge in [0.05, 0.1) is 10.9 Å². The zero-order valence-electron chi connectivity index (χ0n) is 18.2. The van der Waals surface area contributed by atoms with E-state index in [1.165, 1.54) is 54.9 Å². The Hall–Kier alpha value is -3.00. The molecule has 0 spiro atoms. The first kappa shape index (κ1) is 17.8. The van der Waals surface area contributed by atoms with Crippen molar-refractivity contribution in [2.75, 3.05) is 0 Å². The lowest BCUT2D eigenvalue weighted by atomic mass is 9.75. The van der Waals surface area contributed by atoms with Gasteiger partial charge in [-0.05, 0) is 41.2 Å². The zero-order valence-corrected chi connectivity index (χ0v) is 18.2. The number of benzene rings is 3. The quantitative estimate of drug-likeness (QED) is 0.438. The SMILES string of the molecule is Bc1cc2c3c(n(-c4ccccc4)c2c2c1C(C)(C)c1ccccc1-2)=CC(C)CC=3. The van der Waals surface area contributed by atoms with Gasteiger partial charge in [0, 0.05) is 27.3 Å². The molecule has 2 aliphatic carbocycles. The van der Waals surface area contributed by atoms with Gasteiger partial charge in [-0.2, -0.15) is 0 Å². The second-order valence-electron chi connectivity index (χ2n) is 9.56. The van der Waals surface area contributed by atoms with Crippen molar-refractivity contribution in [1.29, 1.82) is 0 Å². The van der Waals surface area contributed by atoms with E-state index in [0.717, 1.165) is 6.42 Å². The molecule has 0 N–H and O–H groups in total. The first-order valence-corrected chi connectivity index (χ1v) is 11.0. The normalized spacial score (nSPS) is 18.3. The van der Waals surface area contributed by atoms with Crippen LogP contribution in [0.15, 0.2) is 60.7 Å². The van der Waals surface area contributed by atoms with Crippen molar-refractivity contribution in [3.63, 3.8) is 0 Å². The minimum Gasteiger partial charge on any atom is -0.309 e. The summed E-state index contributed by atoms with van der Waals surface area (Å²) in [6, 6.07) is 22.3. The van der Waals surface area contributed by atoms with Gasteiger partial charge in [-0.25, -0.2) is 0 Å². The maximum absolute atomic E-state index is 2.52. The van der Waals surface area contributed by atoms with Gasteiger partial charge in [-0.3, -0.25) is 0 Å². The molecule has 0 amide bonds. The Morgan fingerprint density at radius 2 is 1.73 bits per heavy atom. The summed E-state index contributed by atoms with van der Waals surface area (Å²) in [4.78, 5) is 0. The molecule has 4 aromatic rings. The molecule has 0 radical (unpaired) electrons. The Balaban J connectivity index is 1.91. The fourth-order valence-electron chi connectivity index (χ4n) is 5.94. The lowest BCUT2D eigenvalue weighted by Crippen LogP contribution is -2.32. The fourth-order valence-corrected chi connectivity index (χ4v) is 5.94. The summed E-state index contributed by atoms with van der Waals surface area (Å²) in [5, 5.41) is 4.14. The molecular weight excluding hydrogens is 361 g/mol. The largest absolute Gasteiger partial charge is 0.309 e. The summed E-state index contributed by atoms with van der Waals surface area (Å²) >= 11 is 0. The van der Waals surface area contributed by atoms with Crippen LogP contribution in [0.4, 0.5) is 0 Å². The van der Waals surface area contributed by atoms with Gasteiger partial charge in [-0.1, -0.05) is 86.9 Å². The number of aromatic nitrogens is 1. The maximum atomic E-state index is 2.52. The van der Waals surface area contributed by atoms with Crippen LogP contribution in [0.5, 0.6) is 0 Å². The first-order chi connectivity index (χ1) is 14.5. The van der Waals surface area contributed by atoms with E-state index >= 15 is 0 Å². The van der Waals surface area contributed by atoms with E-state index in [2.05, 4.69) is 106 Å². The third-order valence-corrected chi connectivity index (χ3v) is 7.17. The highest BCUT2D eigenvalue weighted by Gasteiger charge is 2.38. The van der Waals surface area contributed by atoms with Crippen LogP contribution in [-0.4, -0.2) is 12.4 Å². The van der Waals surface area contributed by atoms with Gasteiger partial charge >= 0.3 is 0 Å². The molecule has 0 saturated heterocycles. The first-order valence-electron chi connectivity index (χ1n) is 11.0. The molecule has 2 heteroatoms. The molecule has 0 fully saturated rings. The number of rotatable bonds is 1. The van der Waals surface area contributed by atoms with E-state index in [1.54, 1.807) is 0 Å². The Kier molecular flexibility index (Phi) is 3.57. The minimum absolute atomic E-state index is 0.0111. The summed E-state index contributed by atoms with van der Waals surface area (Å²) in [6.07, 6.45) is 6.04. The van der Waals surface area contributed by atoms with Gasteiger partial charge in [0.25, 0.3) is 0 Å². The Labute approximate surface area is 178 Å². The van der Waals surface area contributed by atoms with Crippen molar-refractivity contribution >= 4 is 36.4 Å². The fraction of sp³-hybridized carbons (Fsp3) is 0.214. The van der Waals surface area contributed by atoms with E-state index in [0.29, 0.717) is 5.92 Å². The van der Waals surface area contributed by atoms with Crippen LogP contribution >= 0.6 is 0 Å². The molecule has 146 valence electrons. The maximum Gasteiger partial charge on any atom is 0.139 e.